The minimum absolute atomic E-state index is 0.0234. The number of carbonyl (C=O) groups is 2. The van der Waals surface area contributed by atoms with Gasteiger partial charge in [0, 0.05) is 17.8 Å². The predicted molar refractivity (Wildman–Crippen MR) is 202 cm³/mol. The van der Waals surface area contributed by atoms with Crippen LogP contribution in [0, 0.1) is 6.92 Å². The van der Waals surface area contributed by atoms with E-state index in [4.69, 9.17) is 4.55 Å². The summed E-state index contributed by atoms with van der Waals surface area (Å²) < 4.78 is 70.5. The Kier molecular flexibility index (Phi) is 11.6. The molecule has 0 aliphatic heterocycles. The van der Waals surface area contributed by atoms with E-state index < -0.39 is 39.4 Å². The van der Waals surface area contributed by atoms with Crippen molar-refractivity contribution in [3.05, 3.63) is 149 Å². The van der Waals surface area contributed by atoms with E-state index in [9.17, 15) is 31.2 Å². The molecule has 0 aliphatic carbocycles. The molecule has 0 bridgehead atoms. The van der Waals surface area contributed by atoms with E-state index in [0.717, 1.165) is 34.4 Å². The van der Waals surface area contributed by atoms with Crippen molar-refractivity contribution in [2.75, 3.05) is 17.6 Å². The van der Waals surface area contributed by atoms with E-state index in [2.05, 4.69) is 55.7 Å². The van der Waals surface area contributed by atoms with E-state index in [-0.39, 0.29) is 23.4 Å². The van der Waals surface area contributed by atoms with E-state index in [0.29, 0.717) is 28.8 Å². The smallest absolute Gasteiger partial charge is 0.351 e. The van der Waals surface area contributed by atoms with Gasteiger partial charge in [0.15, 0.2) is 0 Å². The Hall–Kier alpha value is -5.26. The molecule has 7 nitrogen and oxygen atoms in total. The second-order valence-corrected chi connectivity index (χ2v) is 15.6. The Bertz CT molecular complexity index is 2180. The number of halogens is 3. The van der Waals surface area contributed by atoms with E-state index in [1.807, 2.05) is 24.3 Å². The maximum Gasteiger partial charge on any atom is 0.416 e. The van der Waals surface area contributed by atoms with Gasteiger partial charge in [0.2, 0.25) is 5.91 Å². The minimum atomic E-state index is -4.43. The van der Waals surface area contributed by atoms with Crippen LogP contribution in [0.15, 0.2) is 115 Å². The highest BCUT2D eigenvalue weighted by Crippen LogP contribution is 2.34. The summed E-state index contributed by atoms with van der Waals surface area (Å²) in [7, 11) is -4.21. The lowest BCUT2D eigenvalue weighted by Gasteiger charge is -2.20. The van der Waals surface area contributed by atoms with Crippen molar-refractivity contribution in [3.8, 4) is 22.3 Å². The summed E-state index contributed by atoms with van der Waals surface area (Å²) in [5, 5.41) is 5.45. The lowest BCUT2D eigenvalue weighted by atomic mass is 9.86. The van der Waals surface area contributed by atoms with Crippen molar-refractivity contribution < 1.29 is 35.7 Å². The fourth-order valence-electron chi connectivity index (χ4n) is 5.98. The molecule has 0 aliphatic rings. The van der Waals surface area contributed by atoms with Crippen LogP contribution in [-0.2, 0) is 32.9 Å². The van der Waals surface area contributed by atoms with Gasteiger partial charge in [-0.3, -0.25) is 14.1 Å². The van der Waals surface area contributed by atoms with Crippen LogP contribution in [0.1, 0.15) is 64.9 Å². The first-order chi connectivity index (χ1) is 24.9. The standard InChI is InChI=1S/C42H41F3N2O5S/c1-27-25-35(42(43,44)45)19-22-37(27)31-15-20-36(21-16-31)47-40(49)38(26-28-5-7-33(8-6-28)39(48)46-23-24-53(50,51)52)32-11-9-29(10-12-32)30-13-17-34(18-14-30)41(2,3)4/h5-22,25,38H,23-24,26H2,1-4H3,(H,46,48)(H,47,49)(H,50,51,52). The number of carbonyl (C=O) groups excluding carboxylic acids is 2. The first-order valence-electron chi connectivity index (χ1n) is 17.0. The summed E-state index contributed by atoms with van der Waals surface area (Å²) in [6, 6.07) is 33.3. The Morgan fingerprint density at radius 2 is 1.28 bits per heavy atom. The molecule has 0 saturated heterocycles. The molecule has 1 atom stereocenters. The third-order valence-electron chi connectivity index (χ3n) is 9.03. The normalized spacial score (nSPS) is 12.6. The number of nitrogens with one attached hydrogen (secondary N) is 2. The number of hydrogen-bond donors (Lipinski definition) is 3. The first-order valence-corrected chi connectivity index (χ1v) is 18.6. The first kappa shape index (κ1) is 39.0. The second kappa shape index (κ2) is 15.8. The quantitative estimate of drug-likeness (QED) is 0.117. The minimum Gasteiger partial charge on any atom is -0.351 e. The highest BCUT2D eigenvalue weighted by atomic mass is 32.2. The highest BCUT2D eigenvalue weighted by molar-refractivity contribution is 7.85. The summed E-state index contributed by atoms with van der Waals surface area (Å²) in [4.78, 5) is 26.5. The largest absolute Gasteiger partial charge is 0.416 e. The van der Waals surface area contributed by atoms with Crippen LogP contribution >= 0.6 is 0 Å². The van der Waals surface area contributed by atoms with Crippen molar-refractivity contribution in [2.24, 2.45) is 0 Å². The van der Waals surface area contributed by atoms with E-state index >= 15 is 0 Å². The van der Waals surface area contributed by atoms with Gasteiger partial charge in [-0.15, -0.1) is 0 Å². The maximum absolute atomic E-state index is 14.0. The van der Waals surface area contributed by atoms with Gasteiger partial charge in [0.1, 0.15) is 0 Å². The van der Waals surface area contributed by atoms with Crippen LogP contribution in [0.4, 0.5) is 18.9 Å². The topological polar surface area (TPSA) is 113 Å². The van der Waals surface area contributed by atoms with Gasteiger partial charge in [-0.2, -0.15) is 21.6 Å². The van der Waals surface area contributed by atoms with Crippen molar-refractivity contribution in [1.82, 2.24) is 5.32 Å². The zero-order valence-electron chi connectivity index (χ0n) is 29.8. The molecule has 3 N–H and O–H groups in total. The summed E-state index contributed by atoms with van der Waals surface area (Å²) >= 11 is 0. The molecule has 1 unspecified atom stereocenters. The molecule has 5 aromatic carbocycles. The number of amides is 2. The van der Waals surface area contributed by atoms with Gasteiger partial charge in [-0.05, 0) is 99.7 Å². The van der Waals surface area contributed by atoms with Crippen LogP contribution in [-0.4, -0.2) is 37.1 Å². The monoisotopic (exact) mass is 742 g/mol. The van der Waals surface area contributed by atoms with E-state index in [1.54, 1.807) is 55.5 Å². The molecule has 2 amide bonds. The van der Waals surface area contributed by atoms with Gasteiger partial charge in [-0.25, -0.2) is 0 Å². The molecular weight excluding hydrogens is 702 g/mol. The van der Waals surface area contributed by atoms with E-state index in [1.165, 1.54) is 11.6 Å². The number of hydrogen-bond acceptors (Lipinski definition) is 4. The maximum atomic E-state index is 14.0. The molecule has 0 aromatic heterocycles. The van der Waals surface area contributed by atoms with Crippen LogP contribution in [0.25, 0.3) is 22.3 Å². The third-order valence-corrected chi connectivity index (χ3v) is 9.75. The fourth-order valence-corrected chi connectivity index (χ4v) is 6.34. The molecule has 5 aromatic rings. The summed E-state index contributed by atoms with van der Waals surface area (Å²) in [6.45, 7) is 7.86. The number of rotatable bonds is 11. The molecular formula is C42H41F3N2O5S. The molecule has 0 saturated carbocycles. The number of alkyl halides is 3. The lowest BCUT2D eigenvalue weighted by Crippen LogP contribution is -2.28. The zero-order valence-corrected chi connectivity index (χ0v) is 30.6. The van der Waals surface area contributed by atoms with Crippen molar-refractivity contribution in [2.45, 2.75) is 51.6 Å². The average molecular weight is 743 g/mol. The van der Waals surface area contributed by atoms with Crippen LogP contribution < -0.4 is 10.6 Å². The average Bonchev–Trinajstić information content (AvgIpc) is 3.10. The highest BCUT2D eigenvalue weighted by Gasteiger charge is 2.30. The molecule has 53 heavy (non-hydrogen) atoms. The second-order valence-electron chi connectivity index (χ2n) is 14.0. The Morgan fingerprint density at radius 1 is 0.736 bits per heavy atom. The Labute approximate surface area is 308 Å². The molecule has 11 heteroatoms. The Morgan fingerprint density at radius 3 is 1.81 bits per heavy atom. The summed E-state index contributed by atoms with van der Waals surface area (Å²) in [5.41, 5.74) is 6.74. The number of benzene rings is 5. The Balaban J connectivity index is 1.37. The molecule has 0 radical (unpaired) electrons. The van der Waals surface area contributed by atoms with Gasteiger partial charge in [0.25, 0.3) is 16.0 Å². The zero-order chi connectivity index (χ0) is 38.6. The van der Waals surface area contributed by atoms with Crippen molar-refractivity contribution in [1.29, 1.82) is 0 Å². The molecule has 0 fully saturated rings. The summed E-state index contributed by atoms with van der Waals surface area (Å²) in [5.74, 6) is -2.03. The van der Waals surface area contributed by atoms with Gasteiger partial charge >= 0.3 is 6.18 Å². The summed E-state index contributed by atoms with van der Waals surface area (Å²) in [6.07, 6.45) is -4.14. The third kappa shape index (κ3) is 10.4. The number of anilines is 1. The van der Waals surface area contributed by atoms with Gasteiger partial charge in [0.05, 0.1) is 17.2 Å². The number of aryl methyl sites for hydroxylation is 1. The van der Waals surface area contributed by atoms with Gasteiger partial charge in [-0.1, -0.05) is 99.6 Å². The lowest BCUT2D eigenvalue weighted by molar-refractivity contribution is -0.137. The molecule has 0 spiro atoms. The van der Waals surface area contributed by atoms with Crippen molar-refractivity contribution >= 4 is 27.6 Å². The molecule has 276 valence electrons. The molecule has 0 heterocycles. The SMILES string of the molecule is Cc1cc(C(F)(F)F)ccc1-c1ccc(NC(=O)C(Cc2ccc(C(=O)NCCS(=O)(=O)O)cc2)c2ccc(-c3ccc(C(C)(C)C)cc3)cc2)cc1. The van der Waals surface area contributed by atoms with Crippen LogP contribution in [0.2, 0.25) is 0 Å². The van der Waals surface area contributed by atoms with Crippen LogP contribution in [0.5, 0.6) is 0 Å². The fraction of sp³-hybridized carbons (Fsp3) is 0.238. The predicted octanol–water partition coefficient (Wildman–Crippen LogP) is 9.23. The van der Waals surface area contributed by atoms with Crippen molar-refractivity contribution in [3.63, 3.8) is 0 Å². The molecule has 5 rings (SSSR count). The van der Waals surface area contributed by atoms with Gasteiger partial charge < -0.3 is 10.6 Å². The van der Waals surface area contributed by atoms with Crippen LogP contribution in [0.3, 0.4) is 0 Å².